The number of nitrogens with one attached hydrogen (secondary N) is 1. The number of anilines is 1. The standard InChI is InChI=1S/C38H51N7O4/c1-27-24-28(26-44-23-15-39-34(27)44)25-33(35(46)42-16-9-30(10-17-42)41-21-13-38(2,3)14-22-41)49-37(48)43-18-11-31(12-19-43)45-20-8-29-6-4-5-7-32(29)40-36(45)47/h4-7,15,23-24,26,30-31,33H,8-14,16-22,25H2,1-3H3,(H,40,47)/t33-/m1/s1. The van der Waals surface area contributed by atoms with Crippen molar-refractivity contribution in [3.63, 3.8) is 0 Å². The molecule has 3 saturated heterocycles. The summed E-state index contributed by atoms with van der Waals surface area (Å²) < 4.78 is 8.10. The fourth-order valence-corrected chi connectivity index (χ4v) is 8.23. The van der Waals surface area contributed by atoms with Gasteiger partial charge in [0.1, 0.15) is 5.65 Å². The van der Waals surface area contributed by atoms with Gasteiger partial charge in [0, 0.05) is 75.5 Å². The molecule has 49 heavy (non-hydrogen) atoms. The van der Waals surface area contributed by atoms with Crippen LogP contribution < -0.4 is 5.32 Å². The van der Waals surface area contributed by atoms with Crippen molar-refractivity contribution in [1.82, 2.24) is 29.0 Å². The second-order valence-electron chi connectivity index (χ2n) is 15.3. The van der Waals surface area contributed by atoms with Gasteiger partial charge >= 0.3 is 12.1 Å². The molecule has 0 aliphatic carbocycles. The Bertz CT molecular complexity index is 1660. The first-order valence-corrected chi connectivity index (χ1v) is 18.2. The molecule has 11 nitrogen and oxygen atoms in total. The number of benzene rings is 1. The van der Waals surface area contributed by atoms with Gasteiger partial charge in [-0.25, -0.2) is 14.6 Å². The Morgan fingerprint density at radius 3 is 2.41 bits per heavy atom. The van der Waals surface area contributed by atoms with Crippen LogP contribution in [0, 0.1) is 12.3 Å². The summed E-state index contributed by atoms with van der Waals surface area (Å²) in [7, 11) is 0. The SMILES string of the molecule is Cc1cc(C[C@@H](OC(=O)N2CCC(N3CCc4ccccc4NC3=O)CC2)C(=O)N2CCC(N3CCC(C)(C)CC3)CC2)cn2ccnc12. The van der Waals surface area contributed by atoms with E-state index in [1.165, 1.54) is 12.8 Å². The van der Waals surface area contributed by atoms with Gasteiger partial charge in [0.25, 0.3) is 5.91 Å². The molecule has 0 saturated carbocycles. The van der Waals surface area contributed by atoms with Crippen molar-refractivity contribution in [2.24, 2.45) is 5.41 Å². The molecule has 11 heteroatoms. The van der Waals surface area contributed by atoms with Crippen LogP contribution in [-0.2, 0) is 22.4 Å². The van der Waals surface area contributed by atoms with E-state index >= 15 is 0 Å². The van der Waals surface area contributed by atoms with Gasteiger partial charge < -0.3 is 34.1 Å². The van der Waals surface area contributed by atoms with E-state index in [1.807, 2.05) is 57.8 Å². The molecule has 3 aromatic rings. The quantitative estimate of drug-likeness (QED) is 0.380. The third-order valence-electron chi connectivity index (χ3n) is 11.4. The number of para-hydroxylation sites is 1. The molecule has 0 radical (unpaired) electrons. The van der Waals surface area contributed by atoms with Crippen molar-refractivity contribution >= 4 is 29.4 Å². The lowest BCUT2D eigenvalue weighted by molar-refractivity contribution is -0.142. The normalized spacial score (nSPS) is 21.6. The van der Waals surface area contributed by atoms with Crippen molar-refractivity contribution in [2.45, 2.75) is 90.3 Å². The molecule has 0 bridgehead atoms. The zero-order valence-corrected chi connectivity index (χ0v) is 29.3. The summed E-state index contributed by atoms with van der Waals surface area (Å²) in [6.07, 6.45) is 11.0. The van der Waals surface area contributed by atoms with Crippen molar-refractivity contribution in [2.75, 3.05) is 51.1 Å². The summed E-state index contributed by atoms with van der Waals surface area (Å²) in [6.45, 7) is 11.9. The van der Waals surface area contributed by atoms with Crippen LogP contribution in [-0.4, -0.2) is 111 Å². The molecule has 0 unspecified atom stereocenters. The van der Waals surface area contributed by atoms with E-state index < -0.39 is 12.2 Å². The summed E-state index contributed by atoms with van der Waals surface area (Å²) in [5.74, 6) is -0.120. The summed E-state index contributed by atoms with van der Waals surface area (Å²) in [4.78, 5) is 53.6. The van der Waals surface area contributed by atoms with Crippen molar-refractivity contribution in [3.05, 3.63) is 65.6 Å². The third kappa shape index (κ3) is 7.41. The second-order valence-corrected chi connectivity index (χ2v) is 15.3. The highest BCUT2D eigenvalue weighted by Gasteiger charge is 2.37. The smallest absolute Gasteiger partial charge is 0.410 e. The number of rotatable bonds is 6. The maximum absolute atomic E-state index is 14.2. The number of fused-ring (bicyclic) bond motifs is 2. The number of carbonyl (C=O) groups excluding carboxylic acids is 3. The zero-order valence-electron chi connectivity index (χ0n) is 29.3. The predicted molar refractivity (Wildman–Crippen MR) is 189 cm³/mol. The Hall–Kier alpha value is -4.12. The molecule has 1 atom stereocenters. The molecule has 3 fully saturated rings. The minimum atomic E-state index is -0.923. The molecule has 262 valence electrons. The van der Waals surface area contributed by atoms with Crippen LogP contribution in [0.3, 0.4) is 0 Å². The Morgan fingerprint density at radius 2 is 1.65 bits per heavy atom. The number of imidazole rings is 1. The van der Waals surface area contributed by atoms with E-state index in [2.05, 4.69) is 35.1 Å². The summed E-state index contributed by atoms with van der Waals surface area (Å²) in [6, 6.07) is 10.4. The first-order chi connectivity index (χ1) is 23.6. The first-order valence-electron chi connectivity index (χ1n) is 18.2. The number of carbonyl (C=O) groups is 3. The highest BCUT2D eigenvalue weighted by Crippen LogP contribution is 2.32. The molecule has 6 heterocycles. The highest BCUT2D eigenvalue weighted by atomic mass is 16.6. The number of likely N-dealkylation sites (tertiary alicyclic amines) is 3. The molecule has 4 aliphatic heterocycles. The maximum Gasteiger partial charge on any atom is 0.410 e. The van der Waals surface area contributed by atoms with Gasteiger partial charge in [-0.15, -0.1) is 0 Å². The molecule has 0 spiro atoms. The molecule has 4 aliphatic rings. The van der Waals surface area contributed by atoms with Gasteiger partial charge in [0.05, 0.1) is 0 Å². The lowest BCUT2D eigenvalue weighted by atomic mass is 9.82. The lowest BCUT2D eigenvalue weighted by Crippen LogP contribution is -2.53. The molecular formula is C38H51N7O4. The van der Waals surface area contributed by atoms with Gasteiger partial charge in [0.2, 0.25) is 0 Å². The number of nitrogens with zero attached hydrogens (tertiary/aromatic N) is 6. The fraction of sp³-hybridized carbons (Fsp3) is 0.579. The van der Waals surface area contributed by atoms with Crippen LogP contribution in [0.5, 0.6) is 0 Å². The number of hydrogen-bond donors (Lipinski definition) is 1. The number of aromatic nitrogens is 2. The van der Waals surface area contributed by atoms with E-state index in [-0.39, 0.29) is 18.0 Å². The van der Waals surface area contributed by atoms with E-state index in [0.717, 1.165) is 60.4 Å². The number of piperidine rings is 3. The Morgan fingerprint density at radius 1 is 0.959 bits per heavy atom. The molecule has 4 amide bonds. The average Bonchev–Trinajstić information content (AvgIpc) is 3.51. The largest absolute Gasteiger partial charge is 0.436 e. The summed E-state index contributed by atoms with van der Waals surface area (Å²) >= 11 is 0. The van der Waals surface area contributed by atoms with Crippen molar-refractivity contribution < 1.29 is 19.1 Å². The lowest BCUT2D eigenvalue weighted by Gasteiger charge is -2.44. The summed E-state index contributed by atoms with van der Waals surface area (Å²) in [5.41, 5.74) is 5.22. The van der Waals surface area contributed by atoms with Gasteiger partial charge in [-0.1, -0.05) is 38.1 Å². The van der Waals surface area contributed by atoms with Crippen LogP contribution in [0.15, 0.2) is 48.9 Å². The van der Waals surface area contributed by atoms with E-state index in [9.17, 15) is 14.4 Å². The van der Waals surface area contributed by atoms with Gasteiger partial charge in [-0.3, -0.25) is 4.79 Å². The molecule has 2 aromatic heterocycles. The second kappa shape index (κ2) is 14.0. The zero-order chi connectivity index (χ0) is 34.1. The highest BCUT2D eigenvalue weighted by molar-refractivity contribution is 5.91. The van der Waals surface area contributed by atoms with Crippen molar-refractivity contribution in [1.29, 1.82) is 0 Å². The molecule has 7 rings (SSSR count). The molecular weight excluding hydrogens is 618 g/mol. The van der Waals surface area contributed by atoms with Crippen LogP contribution in [0.2, 0.25) is 0 Å². The minimum Gasteiger partial charge on any atom is -0.436 e. The molecule has 1 N–H and O–H groups in total. The topological polar surface area (TPSA) is 103 Å². The van der Waals surface area contributed by atoms with Crippen LogP contribution in [0.4, 0.5) is 15.3 Å². The Balaban J connectivity index is 0.993. The van der Waals surface area contributed by atoms with Gasteiger partial charge in [-0.05, 0) is 93.1 Å². The Labute approximate surface area is 289 Å². The summed E-state index contributed by atoms with van der Waals surface area (Å²) in [5, 5.41) is 3.07. The van der Waals surface area contributed by atoms with Crippen LogP contribution in [0.25, 0.3) is 5.65 Å². The van der Waals surface area contributed by atoms with Gasteiger partial charge in [-0.2, -0.15) is 0 Å². The van der Waals surface area contributed by atoms with E-state index in [1.54, 1.807) is 11.1 Å². The predicted octanol–water partition coefficient (Wildman–Crippen LogP) is 5.36. The van der Waals surface area contributed by atoms with Crippen LogP contribution in [0.1, 0.15) is 69.1 Å². The number of amides is 4. The number of urea groups is 1. The first kappa shape index (κ1) is 33.4. The molecule has 1 aromatic carbocycles. The number of pyridine rings is 1. The number of hydrogen-bond acceptors (Lipinski definition) is 6. The number of aryl methyl sites for hydroxylation is 1. The Kier molecular flexibility index (Phi) is 9.55. The minimum absolute atomic E-state index is 0.0351. The monoisotopic (exact) mass is 669 g/mol. The van der Waals surface area contributed by atoms with E-state index in [0.29, 0.717) is 63.4 Å². The maximum atomic E-state index is 14.2. The fourth-order valence-electron chi connectivity index (χ4n) is 8.23. The van der Waals surface area contributed by atoms with Crippen LogP contribution >= 0.6 is 0 Å². The average molecular weight is 670 g/mol. The van der Waals surface area contributed by atoms with E-state index in [4.69, 9.17) is 4.74 Å². The number of ether oxygens (including phenoxy) is 1. The third-order valence-corrected chi connectivity index (χ3v) is 11.4. The van der Waals surface area contributed by atoms with Crippen molar-refractivity contribution in [3.8, 4) is 0 Å². The van der Waals surface area contributed by atoms with Gasteiger partial charge in [0.15, 0.2) is 6.10 Å².